The van der Waals surface area contributed by atoms with Gasteiger partial charge >= 0.3 is 5.97 Å². The first-order valence-electron chi connectivity index (χ1n) is 7.31. The van der Waals surface area contributed by atoms with E-state index in [-0.39, 0.29) is 10.9 Å². The van der Waals surface area contributed by atoms with Gasteiger partial charge in [0.05, 0.1) is 10.6 Å². The summed E-state index contributed by atoms with van der Waals surface area (Å²) in [5.74, 6) is -0.0503. The molecule has 6 heteroatoms. The minimum Gasteiger partial charge on any atom is -0.425 e. The largest absolute Gasteiger partial charge is 0.425 e. The van der Waals surface area contributed by atoms with Gasteiger partial charge in [-0.15, -0.1) is 0 Å². The first kappa shape index (κ1) is 15.6. The molecule has 0 bridgehead atoms. The molecule has 120 valence electrons. The summed E-state index contributed by atoms with van der Waals surface area (Å²) >= 11 is 0. The summed E-state index contributed by atoms with van der Waals surface area (Å²) in [6.07, 6.45) is 2.61. The molecule has 0 radical (unpaired) electrons. The van der Waals surface area contributed by atoms with Crippen LogP contribution >= 0.6 is 0 Å². The highest BCUT2D eigenvalue weighted by molar-refractivity contribution is 7.90. The zero-order valence-corrected chi connectivity index (χ0v) is 13.8. The molecule has 0 atom stereocenters. The van der Waals surface area contributed by atoms with Gasteiger partial charge in [-0.2, -0.15) is 0 Å². The molecule has 2 heterocycles. The standard InChI is InChI=1S/C17H17NO4S/c1-12-6-9-14(10-7-12)23(20,21)18-13(2)8-11-15(18)16-4-3-5-17(19)22-16/h4,6-11H,3,5H2,1-2H3. The quantitative estimate of drug-likeness (QED) is 0.811. The van der Waals surface area contributed by atoms with Crippen LogP contribution in [0.2, 0.25) is 0 Å². The van der Waals surface area contributed by atoms with E-state index in [0.29, 0.717) is 30.0 Å². The third kappa shape index (κ3) is 2.82. The lowest BCUT2D eigenvalue weighted by Gasteiger charge is -2.17. The molecule has 1 aromatic carbocycles. The van der Waals surface area contributed by atoms with Gasteiger partial charge in [0.15, 0.2) is 5.76 Å². The van der Waals surface area contributed by atoms with Crippen molar-refractivity contribution in [1.82, 2.24) is 3.97 Å². The van der Waals surface area contributed by atoms with Crippen LogP contribution in [0.5, 0.6) is 0 Å². The van der Waals surface area contributed by atoms with Crippen molar-refractivity contribution in [3.05, 3.63) is 59.4 Å². The fourth-order valence-electron chi connectivity index (χ4n) is 2.54. The molecule has 1 aliphatic rings. The zero-order chi connectivity index (χ0) is 16.6. The number of allylic oxidation sites excluding steroid dienone is 1. The number of nitrogens with zero attached hydrogens (tertiary/aromatic N) is 1. The smallest absolute Gasteiger partial charge is 0.311 e. The van der Waals surface area contributed by atoms with E-state index in [9.17, 15) is 13.2 Å². The van der Waals surface area contributed by atoms with Gasteiger partial charge in [-0.25, -0.2) is 12.4 Å². The SMILES string of the molecule is Cc1ccc(S(=O)(=O)n2c(C)ccc2C2=CCCC(=O)O2)cc1. The van der Waals surface area contributed by atoms with E-state index in [0.717, 1.165) is 5.56 Å². The van der Waals surface area contributed by atoms with E-state index in [1.807, 2.05) is 6.92 Å². The summed E-state index contributed by atoms with van der Waals surface area (Å²) in [6, 6.07) is 10.0. The number of carbonyl (C=O) groups excluding carboxylic acids is 1. The van der Waals surface area contributed by atoms with Crippen LogP contribution in [0, 0.1) is 13.8 Å². The van der Waals surface area contributed by atoms with Gasteiger partial charge in [0, 0.05) is 12.1 Å². The van der Waals surface area contributed by atoms with Crippen molar-refractivity contribution in [3.8, 4) is 0 Å². The van der Waals surface area contributed by atoms with Crippen molar-refractivity contribution in [2.24, 2.45) is 0 Å². The highest BCUT2D eigenvalue weighted by Crippen LogP contribution is 2.28. The van der Waals surface area contributed by atoms with Crippen molar-refractivity contribution in [2.45, 2.75) is 31.6 Å². The highest BCUT2D eigenvalue weighted by atomic mass is 32.2. The average molecular weight is 331 g/mol. The van der Waals surface area contributed by atoms with Crippen molar-refractivity contribution in [2.75, 3.05) is 0 Å². The monoisotopic (exact) mass is 331 g/mol. The maximum absolute atomic E-state index is 13.0. The normalized spacial score (nSPS) is 15.2. The number of cyclic esters (lactones) is 1. The number of carbonyl (C=O) groups is 1. The van der Waals surface area contributed by atoms with Gasteiger partial charge in [-0.3, -0.25) is 4.79 Å². The fourth-order valence-corrected chi connectivity index (χ4v) is 4.08. The molecular weight excluding hydrogens is 314 g/mol. The second-order valence-electron chi connectivity index (χ2n) is 5.52. The van der Waals surface area contributed by atoms with E-state index in [4.69, 9.17) is 4.74 Å². The molecule has 23 heavy (non-hydrogen) atoms. The van der Waals surface area contributed by atoms with Gasteiger partial charge in [0.25, 0.3) is 10.0 Å². The summed E-state index contributed by atoms with van der Waals surface area (Å²) in [6.45, 7) is 3.61. The van der Waals surface area contributed by atoms with E-state index in [2.05, 4.69) is 0 Å². The molecule has 0 aliphatic carbocycles. The number of aromatic nitrogens is 1. The lowest BCUT2D eigenvalue weighted by Crippen LogP contribution is -2.19. The summed E-state index contributed by atoms with van der Waals surface area (Å²) in [5, 5.41) is 0. The minimum atomic E-state index is -3.76. The number of hydrogen-bond acceptors (Lipinski definition) is 4. The first-order valence-corrected chi connectivity index (χ1v) is 8.75. The third-order valence-corrected chi connectivity index (χ3v) is 5.57. The average Bonchev–Trinajstić information content (AvgIpc) is 2.90. The van der Waals surface area contributed by atoms with Crippen molar-refractivity contribution < 1.29 is 17.9 Å². The van der Waals surface area contributed by atoms with Crippen LogP contribution in [0.15, 0.2) is 47.4 Å². The molecule has 0 fully saturated rings. The zero-order valence-electron chi connectivity index (χ0n) is 12.9. The maximum atomic E-state index is 13.0. The van der Waals surface area contributed by atoms with E-state index in [1.54, 1.807) is 49.4 Å². The number of aryl methyl sites for hydroxylation is 2. The van der Waals surface area contributed by atoms with Crippen LogP contribution < -0.4 is 0 Å². The van der Waals surface area contributed by atoms with Gasteiger partial charge in [-0.1, -0.05) is 17.7 Å². The molecular formula is C17H17NO4S. The predicted octanol–water partition coefficient (Wildman–Crippen LogP) is 3.02. The molecule has 0 amide bonds. The Kier molecular flexibility index (Phi) is 3.85. The third-order valence-electron chi connectivity index (χ3n) is 3.74. The lowest BCUT2D eigenvalue weighted by atomic mass is 10.2. The molecule has 0 saturated carbocycles. The Morgan fingerprint density at radius 2 is 1.74 bits per heavy atom. The minimum absolute atomic E-state index is 0.200. The fraction of sp³-hybridized carbons (Fsp3) is 0.235. The molecule has 1 aromatic heterocycles. The van der Waals surface area contributed by atoms with E-state index < -0.39 is 10.0 Å². The molecule has 5 nitrogen and oxygen atoms in total. The Hall–Kier alpha value is -2.34. The number of benzene rings is 1. The highest BCUT2D eigenvalue weighted by Gasteiger charge is 2.26. The van der Waals surface area contributed by atoms with Crippen molar-refractivity contribution in [3.63, 3.8) is 0 Å². The van der Waals surface area contributed by atoms with E-state index >= 15 is 0 Å². The van der Waals surface area contributed by atoms with Crippen LogP contribution in [0.1, 0.15) is 29.8 Å². The van der Waals surface area contributed by atoms with Crippen LogP contribution in [0.3, 0.4) is 0 Å². The second-order valence-corrected chi connectivity index (χ2v) is 7.31. The topological polar surface area (TPSA) is 65.4 Å². The Bertz CT molecular complexity index is 889. The van der Waals surface area contributed by atoms with E-state index in [1.165, 1.54) is 3.97 Å². The molecule has 0 N–H and O–H groups in total. The summed E-state index contributed by atoms with van der Waals surface area (Å²) in [4.78, 5) is 11.7. The lowest BCUT2D eigenvalue weighted by molar-refractivity contribution is -0.137. The molecule has 0 unspecified atom stereocenters. The summed E-state index contributed by atoms with van der Waals surface area (Å²) < 4.78 is 32.4. The number of ether oxygens (including phenoxy) is 1. The first-order chi connectivity index (χ1) is 10.9. The number of rotatable bonds is 3. The van der Waals surface area contributed by atoms with Gasteiger partial charge in [-0.05, 0) is 50.6 Å². The summed E-state index contributed by atoms with van der Waals surface area (Å²) in [5.41, 5.74) is 1.91. The van der Waals surface area contributed by atoms with Crippen LogP contribution in [-0.4, -0.2) is 18.4 Å². The van der Waals surface area contributed by atoms with Crippen molar-refractivity contribution >= 4 is 21.8 Å². The molecule has 0 spiro atoms. The second kappa shape index (κ2) is 5.70. The molecule has 1 aliphatic heterocycles. The number of esters is 1. The maximum Gasteiger partial charge on any atom is 0.311 e. The van der Waals surface area contributed by atoms with Gasteiger partial charge in [0.2, 0.25) is 0 Å². The Morgan fingerprint density at radius 3 is 2.39 bits per heavy atom. The predicted molar refractivity (Wildman–Crippen MR) is 86.2 cm³/mol. The van der Waals surface area contributed by atoms with Crippen molar-refractivity contribution in [1.29, 1.82) is 0 Å². The van der Waals surface area contributed by atoms with Gasteiger partial charge in [0.1, 0.15) is 0 Å². The molecule has 0 saturated heterocycles. The Morgan fingerprint density at radius 1 is 1.04 bits per heavy atom. The molecule has 2 aromatic rings. The Balaban J connectivity index is 2.13. The van der Waals surface area contributed by atoms with Crippen LogP contribution in [-0.2, 0) is 19.6 Å². The molecule has 3 rings (SSSR count). The number of hydrogen-bond donors (Lipinski definition) is 0. The van der Waals surface area contributed by atoms with Crippen LogP contribution in [0.4, 0.5) is 0 Å². The van der Waals surface area contributed by atoms with Gasteiger partial charge < -0.3 is 4.74 Å². The van der Waals surface area contributed by atoms with Crippen LogP contribution in [0.25, 0.3) is 5.76 Å². The summed E-state index contributed by atoms with van der Waals surface area (Å²) in [7, 11) is -3.76. The Labute approximate surface area is 135 Å².